The van der Waals surface area contributed by atoms with Gasteiger partial charge in [-0.1, -0.05) is 42.5 Å². The monoisotopic (exact) mass is 526 g/mol. The number of aryl methyl sites for hydroxylation is 1. The van der Waals surface area contributed by atoms with Gasteiger partial charge in [-0.05, 0) is 48.0 Å². The summed E-state index contributed by atoms with van der Waals surface area (Å²) in [4.78, 5) is 17.4. The number of aromatic amines is 1. The third-order valence-corrected chi connectivity index (χ3v) is 6.86. The lowest BCUT2D eigenvalue weighted by Gasteiger charge is -2.08. The highest BCUT2D eigenvalue weighted by Crippen LogP contribution is 2.34. The van der Waals surface area contributed by atoms with E-state index in [1.807, 2.05) is 78.5 Å². The second kappa shape index (κ2) is 9.74. The van der Waals surface area contributed by atoms with Crippen LogP contribution < -0.4 is 4.74 Å². The molecule has 7 aromatic rings. The number of hydrogen-bond donors (Lipinski definition) is 1. The molecule has 2 aromatic carbocycles. The first-order valence-electron chi connectivity index (χ1n) is 12.8. The summed E-state index contributed by atoms with van der Waals surface area (Å²) in [5.74, 6) is 0.367. The van der Waals surface area contributed by atoms with Gasteiger partial charge in [0.15, 0.2) is 0 Å². The topological polar surface area (TPSA) is 81.5 Å². The number of nitrogens with one attached hydrogen (secondary N) is 1. The van der Waals surface area contributed by atoms with Gasteiger partial charge in [0, 0.05) is 41.5 Å². The van der Waals surface area contributed by atoms with Crippen molar-refractivity contribution >= 4 is 21.9 Å². The second-order valence-electron chi connectivity index (χ2n) is 9.53. The second-order valence-corrected chi connectivity index (χ2v) is 9.53. The molecule has 0 amide bonds. The molecule has 0 atom stereocenters. The normalized spacial score (nSPS) is 11.3. The summed E-state index contributed by atoms with van der Waals surface area (Å²) >= 11 is 0. The molecule has 194 valence electrons. The van der Waals surface area contributed by atoms with E-state index >= 15 is 0 Å². The number of rotatable bonds is 6. The van der Waals surface area contributed by atoms with E-state index in [0.717, 1.165) is 44.5 Å². The van der Waals surface area contributed by atoms with Gasteiger partial charge in [0.25, 0.3) is 0 Å². The summed E-state index contributed by atoms with van der Waals surface area (Å²) in [6.07, 6.45) is 5.20. The zero-order valence-corrected chi connectivity index (χ0v) is 21.5. The summed E-state index contributed by atoms with van der Waals surface area (Å²) in [5, 5.41) is 5.67. The maximum atomic E-state index is 14.0. The average Bonchev–Trinajstić information content (AvgIpc) is 3.57. The molecule has 0 saturated heterocycles. The molecule has 7 nitrogen and oxygen atoms in total. The Labute approximate surface area is 229 Å². The van der Waals surface area contributed by atoms with Crippen LogP contribution in [0.2, 0.25) is 0 Å². The molecule has 0 aliphatic rings. The van der Waals surface area contributed by atoms with Gasteiger partial charge in [-0.15, -0.1) is 0 Å². The van der Waals surface area contributed by atoms with Gasteiger partial charge in [0.2, 0.25) is 0 Å². The molecule has 0 spiro atoms. The first-order chi connectivity index (χ1) is 19.6. The van der Waals surface area contributed by atoms with E-state index < -0.39 is 0 Å². The zero-order chi connectivity index (χ0) is 27.1. The molecule has 0 aliphatic carbocycles. The van der Waals surface area contributed by atoms with E-state index in [1.165, 1.54) is 12.1 Å². The number of nitrogens with zero attached hydrogens (tertiary/aromatic N) is 5. The van der Waals surface area contributed by atoms with Gasteiger partial charge in [0.05, 0.1) is 28.8 Å². The predicted octanol–water partition coefficient (Wildman–Crippen LogP) is 6.96. The molecule has 0 aliphatic heterocycles. The first-order valence-corrected chi connectivity index (χ1v) is 12.8. The van der Waals surface area contributed by atoms with Crippen molar-refractivity contribution in [2.45, 2.75) is 6.61 Å². The van der Waals surface area contributed by atoms with Gasteiger partial charge < -0.3 is 9.72 Å². The molecule has 5 heterocycles. The lowest BCUT2D eigenvalue weighted by molar-refractivity contribution is 0.305. The zero-order valence-electron chi connectivity index (χ0n) is 21.5. The van der Waals surface area contributed by atoms with Crippen molar-refractivity contribution in [3.05, 3.63) is 115 Å². The van der Waals surface area contributed by atoms with Gasteiger partial charge in [-0.2, -0.15) is 5.10 Å². The Hall–Kier alpha value is -5.37. The molecule has 8 heteroatoms. The fourth-order valence-electron chi connectivity index (χ4n) is 4.91. The molecular weight excluding hydrogens is 503 g/mol. The van der Waals surface area contributed by atoms with Gasteiger partial charge >= 0.3 is 0 Å². The van der Waals surface area contributed by atoms with E-state index in [0.29, 0.717) is 29.3 Å². The minimum atomic E-state index is -0.302. The number of hydrogen-bond acceptors (Lipinski definition) is 5. The SMILES string of the molecule is Cn1nc(-c2cc3c(-c4cccc(F)c4)nccc3[nH]2)c2nc(-c3cncc(OCc4ccccc4)c3)ccc21. The molecule has 5 aromatic heterocycles. The molecule has 0 bridgehead atoms. The van der Waals surface area contributed by atoms with Crippen LogP contribution in [0.25, 0.3) is 55.8 Å². The fraction of sp³-hybridized carbons (Fsp3) is 0.0625. The Morgan fingerprint density at radius 2 is 1.77 bits per heavy atom. The van der Waals surface area contributed by atoms with Gasteiger partial charge in [0.1, 0.15) is 29.4 Å². The molecule has 0 fully saturated rings. The predicted molar refractivity (Wildman–Crippen MR) is 153 cm³/mol. The standard InChI is InChI=1S/C32H23FN6O/c1-39-29-11-10-26(22-15-24(18-34-17-22)40-19-20-6-3-2-4-7-20)37-32(29)31(38-39)28-16-25-27(36-28)12-13-35-30(25)21-8-5-9-23(33)14-21/h2-18,36H,19H2,1H3. The number of H-pyrrole nitrogens is 1. The van der Waals surface area contributed by atoms with E-state index in [4.69, 9.17) is 14.8 Å². The van der Waals surface area contributed by atoms with Crippen molar-refractivity contribution in [1.82, 2.24) is 29.7 Å². The van der Waals surface area contributed by atoms with Crippen molar-refractivity contribution in [1.29, 1.82) is 0 Å². The summed E-state index contributed by atoms with van der Waals surface area (Å²) in [6, 6.07) is 26.3. The third-order valence-electron chi connectivity index (χ3n) is 6.86. The van der Waals surface area contributed by atoms with Crippen molar-refractivity contribution in [3.63, 3.8) is 0 Å². The van der Waals surface area contributed by atoms with Crippen molar-refractivity contribution in [2.75, 3.05) is 0 Å². The summed E-state index contributed by atoms with van der Waals surface area (Å²) < 4.78 is 21.8. The lowest BCUT2D eigenvalue weighted by Crippen LogP contribution is -1.96. The van der Waals surface area contributed by atoms with Crippen molar-refractivity contribution in [3.8, 4) is 39.7 Å². The van der Waals surface area contributed by atoms with Crippen LogP contribution in [0.4, 0.5) is 4.39 Å². The number of halogens is 1. The van der Waals surface area contributed by atoms with Crippen LogP contribution in [0, 0.1) is 5.82 Å². The molecule has 40 heavy (non-hydrogen) atoms. The van der Waals surface area contributed by atoms with E-state index in [2.05, 4.69) is 15.0 Å². The molecular formula is C32H23FN6O. The highest BCUT2D eigenvalue weighted by Gasteiger charge is 2.18. The highest BCUT2D eigenvalue weighted by molar-refractivity contribution is 5.99. The van der Waals surface area contributed by atoms with Crippen LogP contribution in [0.3, 0.4) is 0 Å². The fourth-order valence-corrected chi connectivity index (χ4v) is 4.91. The number of ether oxygens (including phenoxy) is 1. The highest BCUT2D eigenvalue weighted by atomic mass is 19.1. The molecule has 0 unspecified atom stereocenters. The van der Waals surface area contributed by atoms with Crippen molar-refractivity contribution < 1.29 is 9.13 Å². The molecule has 1 N–H and O–H groups in total. The minimum absolute atomic E-state index is 0.302. The van der Waals surface area contributed by atoms with Gasteiger partial charge in [-0.25, -0.2) is 9.37 Å². The maximum Gasteiger partial charge on any atom is 0.138 e. The first kappa shape index (κ1) is 23.7. The largest absolute Gasteiger partial charge is 0.487 e. The van der Waals surface area contributed by atoms with Crippen LogP contribution in [0.1, 0.15) is 5.56 Å². The molecule has 0 saturated carbocycles. The minimum Gasteiger partial charge on any atom is -0.487 e. The summed E-state index contributed by atoms with van der Waals surface area (Å²) in [6.45, 7) is 0.456. The van der Waals surface area contributed by atoms with E-state index in [-0.39, 0.29) is 5.82 Å². The average molecular weight is 527 g/mol. The van der Waals surface area contributed by atoms with Crippen LogP contribution >= 0.6 is 0 Å². The summed E-state index contributed by atoms with van der Waals surface area (Å²) in [7, 11) is 1.90. The van der Waals surface area contributed by atoms with Crippen molar-refractivity contribution in [2.24, 2.45) is 7.05 Å². The molecule has 0 radical (unpaired) electrons. The Bertz CT molecular complexity index is 2000. The Morgan fingerprint density at radius 1 is 0.875 bits per heavy atom. The number of aromatic nitrogens is 6. The number of benzene rings is 2. The Kier molecular flexibility index (Phi) is 5.78. The smallest absolute Gasteiger partial charge is 0.138 e. The quantitative estimate of drug-likeness (QED) is 0.253. The maximum absolute atomic E-state index is 14.0. The Morgan fingerprint density at radius 3 is 2.65 bits per heavy atom. The third kappa shape index (κ3) is 4.35. The number of fused-ring (bicyclic) bond motifs is 2. The van der Waals surface area contributed by atoms with Crippen LogP contribution in [0.15, 0.2) is 104 Å². The van der Waals surface area contributed by atoms with Crippen LogP contribution in [-0.2, 0) is 13.7 Å². The van der Waals surface area contributed by atoms with Gasteiger partial charge in [-0.3, -0.25) is 14.6 Å². The molecule has 7 rings (SSSR count). The number of pyridine rings is 3. The summed E-state index contributed by atoms with van der Waals surface area (Å²) in [5.41, 5.74) is 8.14. The Balaban J connectivity index is 1.27. The lowest BCUT2D eigenvalue weighted by atomic mass is 10.1. The van der Waals surface area contributed by atoms with Crippen LogP contribution in [0.5, 0.6) is 5.75 Å². The van der Waals surface area contributed by atoms with E-state index in [9.17, 15) is 4.39 Å². The van der Waals surface area contributed by atoms with E-state index in [1.54, 1.807) is 24.7 Å². The van der Waals surface area contributed by atoms with Crippen LogP contribution in [-0.4, -0.2) is 29.7 Å².